The van der Waals surface area contributed by atoms with Crippen LogP contribution in [0.2, 0.25) is 0 Å². The first-order valence-corrected chi connectivity index (χ1v) is 8.00. The highest BCUT2D eigenvalue weighted by Gasteiger charge is 2.34. The Bertz CT molecular complexity index is 744. The summed E-state index contributed by atoms with van der Waals surface area (Å²) in [6.07, 6.45) is -4.45. The molecule has 0 saturated heterocycles. The molecule has 25 heavy (non-hydrogen) atoms. The highest BCUT2D eigenvalue weighted by atomic mass is 19.4. The molecule has 0 saturated carbocycles. The van der Waals surface area contributed by atoms with Crippen LogP contribution in [0.4, 0.5) is 13.2 Å². The fourth-order valence-corrected chi connectivity index (χ4v) is 2.95. The van der Waals surface area contributed by atoms with Crippen LogP contribution < -0.4 is 5.32 Å². The van der Waals surface area contributed by atoms with Gasteiger partial charge in [0.05, 0.1) is 13.1 Å². The number of nitrogens with one attached hydrogen (secondary N) is 1. The van der Waals surface area contributed by atoms with E-state index in [1.54, 1.807) is 6.92 Å². The van der Waals surface area contributed by atoms with Gasteiger partial charge in [-0.3, -0.25) is 14.4 Å². The first-order chi connectivity index (χ1) is 11.8. The Balaban J connectivity index is 1.45. The molecule has 0 aliphatic carbocycles. The van der Waals surface area contributed by atoms with Crippen LogP contribution in [0.25, 0.3) is 0 Å². The van der Waals surface area contributed by atoms with Crippen LogP contribution in [0.15, 0.2) is 30.3 Å². The van der Waals surface area contributed by atoms with Crippen LogP contribution in [0.1, 0.15) is 22.5 Å². The van der Waals surface area contributed by atoms with Crippen LogP contribution in [-0.4, -0.2) is 33.7 Å². The molecule has 8 heteroatoms. The van der Waals surface area contributed by atoms with Gasteiger partial charge in [0.15, 0.2) is 5.69 Å². The summed E-state index contributed by atoms with van der Waals surface area (Å²) < 4.78 is 39.1. The summed E-state index contributed by atoms with van der Waals surface area (Å²) in [4.78, 5) is 14.1. The van der Waals surface area contributed by atoms with Crippen molar-refractivity contribution in [3.8, 4) is 0 Å². The van der Waals surface area contributed by atoms with Gasteiger partial charge in [0.1, 0.15) is 0 Å². The van der Waals surface area contributed by atoms with Gasteiger partial charge >= 0.3 is 6.18 Å². The van der Waals surface area contributed by atoms with Crippen molar-refractivity contribution in [1.29, 1.82) is 0 Å². The van der Waals surface area contributed by atoms with E-state index in [1.807, 2.05) is 29.2 Å². The van der Waals surface area contributed by atoms with E-state index in [1.165, 1.54) is 15.8 Å². The summed E-state index contributed by atoms with van der Waals surface area (Å²) in [7, 11) is 0. The van der Waals surface area contributed by atoms with Crippen molar-refractivity contribution in [3.63, 3.8) is 0 Å². The Morgan fingerprint density at radius 3 is 2.44 bits per heavy atom. The molecule has 0 fully saturated rings. The second kappa shape index (κ2) is 6.87. The SMILES string of the molecule is Cc1cc(C(F)(F)F)nn1CCNC(=O)CN1Cc2ccccc2C1. The number of aromatic nitrogens is 2. The van der Waals surface area contributed by atoms with Gasteiger partial charge in [-0.2, -0.15) is 18.3 Å². The average Bonchev–Trinajstić information content (AvgIpc) is 3.10. The summed E-state index contributed by atoms with van der Waals surface area (Å²) >= 11 is 0. The summed E-state index contributed by atoms with van der Waals surface area (Å²) in [5, 5.41) is 6.28. The van der Waals surface area contributed by atoms with E-state index in [-0.39, 0.29) is 25.5 Å². The minimum atomic E-state index is -4.45. The van der Waals surface area contributed by atoms with E-state index in [4.69, 9.17) is 0 Å². The van der Waals surface area contributed by atoms with Crippen LogP contribution in [-0.2, 0) is 30.6 Å². The molecule has 3 rings (SSSR count). The fraction of sp³-hybridized carbons (Fsp3) is 0.412. The smallest absolute Gasteiger partial charge is 0.353 e. The Kier molecular flexibility index (Phi) is 4.80. The number of alkyl halides is 3. The molecule has 2 aromatic rings. The zero-order valence-electron chi connectivity index (χ0n) is 13.8. The molecule has 0 atom stereocenters. The molecule has 134 valence electrons. The van der Waals surface area contributed by atoms with E-state index in [0.29, 0.717) is 5.69 Å². The highest BCUT2D eigenvalue weighted by Crippen LogP contribution is 2.28. The van der Waals surface area contributed by atoms with E-state index in [2.05, 4.69) is 10.4 Å². The minimum Gasteiger partial charge on any atom is -0.353 e. The average molecular weight is 352 g/mol. The lowest BCUT2D eigenvalue weighted by atomic mass is 10.1. The van der Waals surface area contributed by atoms with Gasteiger partial charge < -0.3 is 5.32 Å². The Hall–Kier alpha value is -2.35. The molecule has 1 aliphatic heterocycles. The third-order valence-electron chi connectivity index (χ3n) is 4.19. The van der Waals surface area contributed by atoms with Gasteiger partial charge in [0.2, 0.25) is 5.91 Å². The van der Waals surface area contributed by atoms with Crippen LogP contribution in [0.3, 0.4) is 0 Å². The summed E-state index contributed by atoms with van der Waals surface area (Å²) in [5.74, 6) is -0.145. The molecule has 1 aliphatic rings. The third kappa shape index (κ3) is 4.19. The van der Waals surface area contributed by atoms with E-state index in [9.17, 15) is 18.0 Å². The molecule has 1 aromatic heterocycles. The van der Waals surface area contributed by atoms with Crippen molar-refractivity contribution < 1.29 is 18.0 Å². The minimum absolute atomic E-state index is 0.145. The van der Waals surface area contributed by atoms with Gasteiger partial charge in [0.25, 0.3) is 0 Å². The molecule has 1 N–H and O–H groups in total. The standard InChI is InChI=1S/C17H19F3N4O/c1-12-8-15(17(18,19)20)22-24(12)7-6-21-16(25)11-23-9-13-4-2-3-5-14(13)10-23/h2-5,8H,6-7,9-11H2,1H3,(H,21,25). The van der Waals surface area contributed by atoms with Crippen LogP contribution >= 0.6 is 0 Å². The molecule has 0 bridgehead atoms. The number of hydrogen-bond acceptors (Lipinski definition) is 3. The molecular formula is C17H19F3N4O. The highest BCUT2D eigenvalue weighted by molar-refractivity contribution is 5.78. The second-order valence-electron chi connectivity index (χ2n) is 6.16. The van der Waals surface area contributed by atoms with Crippen molar-refractivity contribution in [3.05, 3.63) is 52.8 Å². The van der Waals surface area contributed by atoms with Crippen LogP contribution in [0, 0.1) is 6.92 Å². The maximum Gasteiger partial charge on any atom is 0.435 e. The molecule has 0 spiro atoms. The van der Waals surface area contributed by atoms with Gasteiger partial charge in [-0.15, -0.1) is 0 Å². The molecule has 0 radical (unpaired) electrons. The summed E-state index contributed by atoms with van der Waals surface area (Å²) in [5.41, 5.74) is 1.95. The lowest BCUT2D eigenvalue weighted by Gasteiger charge is -2.14. The predicted octanol–water partition coefficient (Wildman–Crippen LogP) is 2.34. The zero-order chi connectivity index (χ0) is 18.0. The second-order valence-corrected chi connectivity index (χ2v) is 6.16. The molecule has 5 nitrogen and oxygen atoms in total. The van der Waals surface area contributed by atoms with Crippen molar-refractivity contribution in [1.82, 2.24) is 20.0 Å². The number of aryl methyl sites for hydroxylation is 1. The first kappa shape index (κ1) is 17.5. The maximum atomic E-state index is 12.6. The van der Waals surface area contributed by atoms with Crippen LogP contribution in [0.5, 0.6) is 0 Å². The first-order valence-electron chi connectivity index (χ1n) is 8.00. The molecule has 1 amide bonds. The number of rotatable bonds is 5. The molecule has 1 aromatic carbocycles. The lowest BCUT2D eigenvalue weighted by molar-refractivity contribution is -0.141. The number of amides is 1. The number of hydrogen-bond donors (Lipinski definition) is 1. The van der Waals surface area contributed by atoms with E-state index >= 15 is 0 Å². The Labute approximate surface area is 143 Å². The third-order valence-corrected chi connectivity index (χ3v) is 4.19. The van der Waals surface area contributed by atoms with Crippen molar-refractivity contribution in [2.75, 3.05) is 13.1 Å². The van der Waals surface area contributed by atoms with Gasteiger partial charge in [-0.05, 0) is 24.1 Å². The summed E-state index contributed by atoms with van der Waals surface area (Å²) in [6, 6.07) is 9.05. The lowest BCUT2D eigenvalue weighted by Crippen LogP contribution is -2.36. The largest absolute Gasteiger partial charge is 0.435 e. The summed E-state index contributed by atoms with van der Waals surface area (Å²) in [6.45, 7) is 3.73. The van der Waals surface area contributed by atoms with Crippen molar-refractivity contribution in [2.45, 2.75) is 32.7 Å². The number of benzene rings is 1. The van der Waals surface area contributed by atoms with Crippen molar-refractivity contribution in [2.24, 2.45) is 0 Å². The number of carbonyl (C=O) groups excluding carboxylic acids is 1. The molecule has 0 unspecified atom stereocenters. The number of fused-ring (bicyclic) bond motifs is 1. The predicted molar refractivity (Wildman–Crippen MR) is 85.5 cm³/mol. The van der Waals surface area contributed by atoms with Gasteiger partial charge in [-0.1, -0.05) is 24.3 Å². The maximum absolute atomic E-state index is 12.6. The Morgan fingerprint density at radius 2 is 1.88 bits per heavy atom. The molecular weight excluding hydrogens is 333 g/mol. The Morgan fingerprint density at radius 1 is 1.24 bits per heavy atom. The van der Waals surface area contributed by atoms with Gasteiger partial charge in [0, 0.05) is 25.3 Å². The zero-order valence-corrected chi connectivity index (χ0v) is 13.8. The topological polar surface area (TPSA) is 50.2 Å². The number of nitrogens with zero attached hydrogens (tertiary/aromatic N) is 3. The monoisotopic (exact) mass is 352 g/mol. The molecule has 2 heterocycles. The normalized spacial score (nSPS) is 14.6. The quantitative estimate of drug-likeness (QED) is 0.899. The number of halogens is 3. The van der Waals surface area contributed by atoms with Crippen molar-refractivity contribution >= 4 is 5.91 Å². The van der Waals surface area contributed by atoms with Gasteiger partial charge in [-0.25, -0.2) is 0 Å². The van der Waals surface area contributed by atoms with E-state index in [0.717, 1.165) is 19.2 Å². The van der Waals surface area contributed by atoms with E-state index < -0.39 is 11.9 Å². The fourth-order valence-electron chi connectivity index (χ4n) is 2.95. The number of carbonyl (C=O) groups is 1.